The van der Waals surface area contributed by atoms with Gasteiger partial charge in [-0.05, 0) is 13.0 Å². The predicted molar refractivity (Wildman–Crippen MR) is 80.7 cm³/mol. The summed E-state index contributed by atoms with van der Waals surface area (Å²) in [5.74, 6) is 2.09. The number of fused-ring (bicyclic) bond motifs is 1. The number of benzene rings is 1. The van der Waals surface area contributed by atoms with Crippen LogP contribution < -0.4 is 0 Å². The summed E-state index contributed by atoms with van der Waals surface area (Å²) in [4.78, 5) is 11.2. The summed E-state index contributed by atoms with van der Waals surface area (Å²) < 4.78 is 0. The molecule has 0 saturated carbocycles. The fourth-order valence-electron chi connectivity index (χ4n) is 1.67. The number of H-pyrrole nitrogens is 1. The van der Waals surface area contributed by atoms with Crippen LogP contribution in [0.25, 0.3) is 10.9 Å². The zero-order valence-corrected chi connectivity index (χ0v) is 11.9. The Morgan fingerprint density at radius 1 is 1.33 bits per heavy atom. The van der Waals surface area contributed by atoms with E-state index in [2.05, 4.69) is 40.4 Å². The van der Waals surface area contributed by atoms with E-state index in [1.165, 1.54) is 15.8 Å². The van der Waals surface area contributed by atoms with Gasteiger partial charge in [0.25, 0.3) is 0 Å². The lowest BCUT2D eigenvalue weighted by Gasteiger charge is -2.10. The smallest absolute Gasteiger partial charge is 0.0952 e. The zero-order chi connectivity index (χ0) is 13.0. The molecule has 2 rings (SSSR count). The van der Waals surface area contributed by atoms with Gasteiger partial charge >= 0.3 is 0 Å². The summed E-state index contributed by atoms with van der Waals surface area (Å²) in [6.45, 7) is 2.89. The molecule has 2 aromatic rings. The molecule has 18 heavy (non-hydrogen) atoms. The van der Waals surface area contributed by atoms with Crippen molar-refractivity contribution in [3.8, 4) is 0 Å². The number of nitrogens with one attached hydrogen (secondary N) is 1. The minimum Gasteiger partial charge on any atom is -0.367 e. The highest BCUT2D eigenvalue weighted by Crippen LogP contribution is 2.27. The third kappa shape index (κ3) is 3.07. The van der Waals surface area contributed by atoms with Crippen molar-refractivity contribution >= 4 is 28.5 Å². The quantitative estimate of drug-likeness (QED) is 0.396. The van der Waals surface area contributed by atoms with Gasteiger partial charge in [-0.1, -0.05) is 18.2 Å². The van der Waals surface area contributed by atoms with Crippen LogP contribution in [0, 0.1) is 0 Å². The number of hydrogen-bond donors (Lipinski definition) is 1. The van der Waals surface area contributed by atoms with Crippen LogP contribution in [0.5, 0.6) is 0 Å². The van der Waals surface area contributed by atoms with Crippen molar-refractivity contribution in [1.29, 1.82) is 0 Å². The minimum atomic E-state index is 0.855. The molecule has 0 unspecified atom stereocenters. The molecule has 0 aliphatic heterocycles. The van der Waals surface area contributed by atoms with Crippen LogP contribution >= 0.6 is 11.8 Å². The van der Waals surface area contributed by atoms with E-state index in [9.17, 15) is 0 Å². The van der Waals surface area contributed by atoms with E-state index < -0.39 is 0 Å². The molecule has 1 heterocycles. The number of hydrogen-bond acceptors (Lipinski definition) is 2. The zero-order valence-electron chi connectivity index (χ0n) is 11.1. The molecule has 0 radical (unpaired) electrons. The first kappa shape index (κ1) is 13.0. The van der Waals surface area contributed by atoms with E-state index in [0.29, 0.717) is 0 Å². The molecule has 1 aromatic carbocycles. The SMILES string of the molecule is C/C(=N\CCSc1c[nH]c2ccccc12)N(C)C. The van der Waals surface area contributed by atoms with Gasteiger partial charge < -0.3 is 9.88 Å². The summed E-state index contributed by atoms with van der Waals surface area (Å²) in [6, 6.07) is 8.39. The van der Waals surface area contributed by atoms with Crippen LogP contribution in [0.3, 0.4) is 0 Å². The lowest BCUT2D eigenvalue weighted by atomic mass is 10.2. The molecule has 1 N–H and O–H groups in total. The molecule has 0 amide bonds. The average Bonchev–Trinajstić information content (AvgIpc) is 2.77. The van der Waals surface area contributed by atoms with E-state index in [-0.39, 0.29) is 0 Å². The second kappa shape index (κ2) is 5.96. The largest absolute Gasteiger partial charge is 0.367 e. The normalized spacial score (nSPS) is 12.1. The average molecular weight is 261 g/mol. The van der Waals surface area contributed by atoms with E-state index in [1.54, 1.807) is 0 Å². The molecule has 0 spiro atoms. The number of para-hydroxylation sites is 1. The van der Waals surface area contributed by atoms with Crippen LogP contribution in [0.2, 0.25) is 0 Å². The monoisotopic (exact) mass is 261 g/mol. The Morgan fingerprint density at radius 2 is 2.11 bits per heavy atom. The predicted octanol–water partition coefficient (Wildman–Crippen LogP) is 3.24. The minimum absolute atomic E-state index is 0.855. The van der Waals surface area contributed by atoms with Gasteiger partial charge in [0.1, 0.15) is 0 Å². The Hall–Kier alpha value is -1.42. The molecular weight excluding hydrogens is 242 g/mol. The van der Waals surface area contributed by atoms with Crippen LogP contribution in [0.15, 0.2) is 40.4 Å². The van der Waals surface area contributed by atoms with Gasteiger partial charge in [0, 0.05) is 41.8 Å². The number of thioether (sulfide) groups is 1. The fourth-order valence-corrected chi connectivity index (χ4v) is 2.55. The van der Waals surface area contributed by atoms with Gasteiger partial charge in [-0.2, -0.15) is 0 Å². The molecule has 0 saturated heterocycles. The van der Waals surface area contributed by atoms with Crippen LogP contribution in [0.4, 0.5) is 0 Å². The van der Waals surface area contributed by atoms with Crippen LogP contribution in [0.1, 0.15) is 6.92 Å². The summed E-state index contributed by atoms with van der Waals surface area (Å²) in [7, 11) is 4.04. The fraction of sp³-hybridized carbons (Fsp3) is 0.357. The summed E-state index contributed by atoms with van der Waals surface area (Å²) in [6.07, 6.45) is 2.08. The molecular formula is C14H19N3S. The third-order valence-electron chi connectivity index (χ3n) is 2.89. The highest BCUT2D eigenvalue weighted by molar-refractivity contribution is 7.99. The highest BCUT2D eigenvalue weighted by atomic mass is 32.2. The summed E-state index contributed by atoms with van der Waals surface area (Å²) in [5.41, 5.74) is 1.20. The van der Waals surface area contributed by atoms with E-state index in [1.807, 2.05) is 37.7 Å². The summed E-state index contributed by atoms with van der Waals surface area (Å²) >= 11 is 1.85. The molecule has 4 heteroatoms. The van der Waals surface area contributed by atoms with Crippen molar-refractivity contribution in [1.82, 2.24) is 9.88 Å². The number of aliphatic imine (C=N–C) groups is 1. The Bertz CT molecular complexity index is 543. The van der Waals surface area contributed by atoms with Gasteiger partial charge in [-0.15, -0.1) is 11.8 Å². The van der Waals surface area contributed by atoms with Crippen molar-refractivity contribution in [3.63, 3.8) is 0 Å². The molecule has 3 nitrogen and oxygen atoms in total. The van der Waals surface area contributed by atoms with Gasteiger partial charge in [0.15, 0.2) is 0 Å². The molecule has 0 aliphatic carbocycles. The van der Waals surface area contributed by atoms with E-state index in [4.69, 9.17) is 0 Å². The van der Waals surface area contributed by atoms with Crippen molar-refractivity contribution in [2.45, 2.75) is 11.8 Å². The number of aromatic nitrogens is 1. The van der Waals surface area contributed by atoms with Crippen LogP contribution in [-0.2, 0) is 0 Å². The van der Waals surface area contributed by atoms with Gasteiger partial charge in [-0.3, -0.25) is 4.99 Å². The Morgan fingerprint density at radius 3 is 2.89 bits per heavy atom. The first-order valence-electron chi connectivity index (χ1n) is 6.06. The Kier molecular flexibility index (Phi) is 4.31. The first-order valence-corrected chi connectivity index (χ1v) is 7.04. The van der Waals surface area contributed by atoms with Gasteiger partial charge in [-0.25, -0.2) is 0 Å². The lowest BCUT2D eigenvalue weighted by Crippen LogP contribution is -2.18. The molecule has 0 bridgehead atoms. The van der Waals surface area contributed by atoms with Crippen molar-refractivity contribution in [3.05, 3.63) is 30.5 Å². The highest BCUT2D eigenvalue weighted by Gasteiger charge is 2.02. The Balaban J connectivity index is 1.93. The van der Waals surface area contributed by atoms with E-state index >= 15 is 0 Å². The van der Waals surface area contributed by atoms with Crippen molar-refractivity contribution < 1.29 is 0 Å². The molecule has 96 valence electrons. The third-order valence-corrected chi connectivity index (χ3v) is 3.92. The number of rotatable bonds is 4. The number of nitrogens with zero attached hydrogens (tertiary/aromatic N) is 2. The van der Waals surface area contributed by atoms with Crippen molar-refractivity contribution in [2.24, 2.45) is 4.99 Å². The van der Waals surface area contributed by atoms with Crippen molar-refractivity contribution in [2.75, 3.05) is 26.4 Å². The number of amidine groups is 1. The maximum absolute atomic E-state index is 4.51. The molecule has 1 aromatic heterocycles. The van der Waals surface area contributed by atoms with Gasteiger partial charge in [0.05, 0.1) is 12.4 Å². The lowest BCUT2D eigenvalue weighted by molar-refractivity contribution is 0.615. The Labute approximate surface area is 112 Å². The maximum Gasteiger partial charge on any atom is 0.0952 e. The maximum atomic E-state index is 4.51. The molecule has 0 fully saturated rings. The van der Waals surface area contributed by atoms with Crippen LogP contribution in [-0.4, -0.2) is 42.1 Å². The second-order valence-corrected chi connectivity index (χ2v) is 5.51. The van der Waals surface area contributed by atoms with E-state index in [0.717, 1.165) is 18.1 Å². The standard InChI is InChI=1S/C14H19N3S/c1-11(17(2)3)15-8-9-18-14-10-16-13-7-5-4-6-12(13)14/h4-7,10,16H,8-9H2,1-3H3/b15-11+. The topological polar surface area (TPSA) is 31.4 Å². The first-order chi connectivity index (χ1) is 8.68. The summed E-state index contributed by atoms with van der Waals surface area (Å²) in [5, 5.41) is 1.30. The molecule has 0 aliphatic rings. The number of aromatic amines is 1. The molecule has 0 atom stereocenters. The van der Waals surface area contributed by atoms with Gasteiger partial charge in [0.2, 0.25) is 0 Å². The second-order valence-electron chi connectivity index (χ2n) is 4.37.